The first-order valence-corrected chi connectivity index (χ1v) is 9.15. The Balaban J connectivity index is 1.57. The summed E-state index contributed by atoms with van der Waals surface area (Å²) < 4.78 is 5.25. The van der Waals surface area contributed by atoms with Crippen LogP contribution in [0.15, 0.2) is 36.4 Å². The van der Waals surface area contributed by atoms with Crippen molar-refractivity contribution in [2.24, 2.45) is 5.92 Å². The minimum atomic E-state index is -1.26. The lowest BCUT2D eigenvalue weighted by Crippen LogP contribution is -2.53. The zero-order valence-electron chi connectivity index (χ0n) is 14.7. The summed E-state index contributed by atoms with van der Waals surface area (Å²) >= 11 is 0. The molecule has 1 unspecified atom stereocenters. The Morgan fingerprint density at radius 3 is 2.76 bits per heavy atom. The van der Waals surface area contributed by atoms with Crippen molar-refractivity contribution in [1.82, 2.24) is 4.90 Å². The second kappa shape index (κ2) is 6.43. The Kier molecular flexibility index (Phi) is 4.26. The van der Waals surface area contributed by atoms with Crippen LogP contribution in [0.25, 0.3) is 10.8 Å². The highest BCUT2D eigenvalue weighted by atomic mass is 16.5. The van der Waals surface area contributed by atoms with Crippen LogP contribution in [0, 0.1) is 5.92 Å². The molecule has 1 heterocycles. The number of carbonyl (C=O) groups excluding carboxylic acids is 1. The number of benzene rings is 2. The fraction of sp³-hybridized carbons (Fsp3) is 0.476. The predicted molar refractivity (Wildman–Crippen MR) is 98.2 cm³/mol. The average Bonchev–Trinajstić information content (AvgIpc) is 3.44. The van der Waals surface area contributed by atoms with Gasteiger partial charge in [0.05, 0.1) is 7.11 Å². The lowest BCUT2D eigenvalue weighted by atomic mass is 9.84. The standard InChI is InChI=1S/C21H25NO3/c1-25-19-8-7-16-11-18(6-5-17(16)12-19)20(23)21(24)9-2-10-22(14-21)13-15-3-4-15/h5-8,11-12,15,24H,2-4,9-10,13-14H2,1H3. The number of likely N-dealkylation sites (tertiary alicyclic amines) is 1. The molecule has 1 aliphatic heterocycles. The van der Waals surface area contributed by atoms with Gasteiger partial charge in [-0.15, -0.1) is 0 Å². The molecule has 1 aliphatic carbocycles. The highest BCUT2D eigenvalue weighted by Crippen LogP contribution is 2.33. The van der Waals surface area contributed by atoms with Crippen molar-refractivity contribution in [2.75, 3.05) is 26.7 Å². The minimum Gasteiger partial charge on any atom is -0.497 e. The van der Waals surface area contributed by atoms with E-state index in [9.17, 15) is 9.90 Å². The quantitative estimate of drug-likeness (QED) is 0.850. The van der Waals surface area contributed by atoms with E-state index in [1.54, 1.807) is 7.11 Å². The average molecular weight is 339 g/mol. The first-order valence-electron chi connectivity index (χ1n) is 9.15. The smallest absolute Gasteiger partial charge is 0.195 e. The molecule has 4 nitrogen and oxygen atoms in total. The van der Waals surface area contributed by atoms with Gasteiger partial charge in [-0.05, 0) is 67.1 Å². The Hall–Kier alpha value is -1.91. The number of hydrogen-bond donors (Lipinski definition) is 1. The number of ether oxygens (including phenoxy) is 1. The molecule has 4 heteroatoms. The molecule has 0 aromatic heterocycles. The zero-order chi connectivity index (χ0) is 17.4. The van der Waals surface area contributed by atoms with E-state index in [2.05, 4.69) is 4.90 Å². The predicted octanol–water partition coefficient (Wildman–Crippen LogP) is 3.27. The van der Waals surface area contributed by atoms with Crippen molar-refractivity contribution >= 4 is 16.6 Å². The van der Waals surface area contributed by atoms with Gasteiger partial charge in [-0.3, -0.25) is 9.69 Å². The normalized spacial score (nSPS) is 24.4. The van der Waals surface area contributed by atoms with Gasteiger partial charge in [-0.1, -0.05) is 18.2 Å². The van der Waals surface area contributed by atoms with E-state index in [1.807, 2.05) is 36.4 Å². The molecule has 2 aromatic carbocycles. The molecule has 2 aromatic rings. The molecule has 2 fully saturated rings. The molecule has 0 amide bonds. The molecule has 0 radical (unpaired) electrons. The minimum absolute atomic E-state index is 0.147. The molecular formula is C21H25NO3. The lowest BCUT2D eigenvalue weighted by Gasteiger charge is -2.38. The van der Waals surface area contributed by atoms with E-state index in [4.69, 9.17) is 4.74 Å². The van der Waals surface area contributed by atoms with E-state index in [-0.39, 0.29) is 5.78 Å². The monoisotopic (exact) mass is 339 g/mol. The number of Topliss-reactive ketones (excluding diaryl/α,β-unsaturated/α-hetero) is 1. The number of methoxy groups -OCH3 is 1. The third-order valence-electron chi connectivity index (χ3n) is 5.50. The maximum Gasteiger partial charge on any atom is 0.195 e. The number of β-amino-alcohol motifs (C(OH)–C–C–N with tert-alkyl or cyclic N) is 1. The molecule has 1 N–H and O–H groups in total. The van der Waals surface area contributed by atoms with Crippen molar-refractivity contribution in [3.05, 3.63) is 42.0 Å². The molecule has 132 valence electrons. The molecule has 0 bridgehead atoms. The topological polar surface area (TPSA) is 49.8 Å². The first kappa shape index (κ1) is 16.6. The summed E-state index contributed by atoms with van der Waals surface area (Å²) in [5.74, 6) is 1.42. The highest BCUT2D eigenvalue weighted by molar-refractivity contribution is 6.05. The molecule has 1 atom stereocenters. The molecule has 2 aliphatic rings. The van der Waals surface area contributed by atoms with Gasteiger partial charge in [0.1, 0.15) is 11.4 Å². The Morgan fingerprint density at radius 2 is 2.00 bits per heavy atom. The number of fused-ring (bicyclic) bond motifs is 1. The van der Waals surface area contributed by atoms with Crippen molar-refractivity contribution in [2.45, 2.75) is 31.3 Å². The maximum atomic E-state index is 13.0. The van der Waals surface area contributed by atoms with Crippen LogP contribution in [0.1, 0.15) is 36.0 Å². The Morgan fingerprint density at radius 1 is 1.24 bits per heavy atom. The number of hydrogen-bond acceptors (Lipinski definition) is 4. The fourth-order valence-electron chi connectivity index (χ4n) is 3.89. The molecular weight excluding hydrogens is 314 g/mol. The van der Waals surface area contributed by atoms with Crippen LogP contribution in [-0.4, -0.2) is 48.1 Å². The summed E-state index contributed by atoms with van der Waals surface area (Å²) in [6.45, 7) is 2.47. The highest BCUT2D eigenvalue weighted by Gasteiger charge is 2.41. The molecule has 1 saturated carbocycles. The largest absolute Gasteiger partial charge is 0.497 e. The van der Waals surface area contributed by atoms with Gasteiger partial charge in [-0.2, -0.15) is 0 Å². The van der Waals surface area contributed by atoms with Gasteiger partial charge in [0, 0.05) is 18.7 Å². The van der Waals surface area contributed by atoms with Crippen LogP contribution in [0.4, 0.5) is 0 Å². The third kappa shape index (κ3) is 3.42. The summed E-state index contributed by atoms with van der Waals surface area (Å²) in [7, 11) is 1.64. The van der Waals surface area contributed by atoms with Gasteiger partial charge in [0.2, 0.25) is 0 Å². The van der Waals surface area contributed by atoms with E-state index in [1.165, 1.54) is 12.8 Å². The molecule has 4 rings (SSSR count). The molecule has 0 spiro atoms. The van der Waals surface area contributed by atoms with Gasteiger partial charge < -0.3 is 9.84 Å². The van der Waals surface area contributed by atoms with Gasteiger partial charge >= 0.3 is 0 Å². The van der Waals surface area contributed by atoms with Gasteiger partial charge in [-0.25, -0.2) is 0 Å². The summed E-state index contributed by atoms with van der Waals surface area (Å²) in [5.41, 5.74) is -0.666. The first-order chi connectivity index (χ1) is 12.1. The number of rotatable bonds is 5. The number of piperidine rings is 1. The molecule has 25 heavy (non-hydrogen) atoms. The van der Waals surface area contributed by atoms with Crippen molar-refractivity contribution < 1.29 is 14.6 Å². The Labute approximate surface area is 148 Å². The summed E-state index contributed by atoms with van der Waals surface area (Å²) in [4.78, 5) is 15.3. The van der Waals surface area contributed by atoms with Crippen molar-refractivity contribution in [1.29, 1.82) is 0 Å². The third-order valence-corrected chi connectivity index (χ3v) is 5.50. The van der Waals surface area contributed by atoms with Crippen LogP contribution >= 0.6 is 0 Å². The summed E-state index contributed by atoms with van der Waals surface area (Å²) in [6, 6.07) is 11.4. The van der Waals surface area contributed by atoms with Crippen LogP contribution in [0.2, 0.25) is 0 Å². The van der Waals surface area contributed by atoms with Crippen LogP contribution in [0.3, 0.4) is 0 Å². The number of aliphatic hydroxyl groups is 1. The van der Waals surface area contributed by atoms with Gasteiger partial charge in [0.15, 0.2) is 5.78 Å². The zero-order valence-corrected chi connectivity index (χ0v) is 14.7. The number of ketones is 1. The van der Waals surface area contributed by atoms with Crippen LogP contribution in [-0.2, 0) is 0 Å². The second-order valence-corrected chi connectivity index (χ2v) is 7.57. The molecule has 1 saturated heterocycles. The van der Waals surface area contributed by atoms with E-state index in [0.717, 1.165) is 42.0 Å². The van der Waals surface area contributed by atoms with Crippen LogP contribution in [0.5, 0.6) is 5.75 Å². The van der Waals surface area contributed by atoms with Crippen LogP contribution < -0.4 is 4.74 Å². The number of carbonyl (C=O) groups is 1. The van der Waals surface area contributed by atoms with E-state index in [0.29, 0.717) is 18.5 Å². The fourth-order valence-corrected chi connectivity index (χ4v) is 3.89. The summed E-state index contributed by atoms with van der Waals surface area (Å²) in [6.07, 6.45) is 4.00. The van der Waals surface area contributed by atoms with Crippen molar-refractivity contribution in [3.8, 4) is 5.75 Å². The van der Waals surface area contributed by atoms with Crippen molar-refractivity contribution in [3.63, 3.8) is 0 Å². The second-order valence-electron chi connectivity index (χ2n) is 7.57. The SMILES string of the molecule is COc1ccc2cc(C(=O)C3(O)CCCN(CC4CC4)C3)ccc2c1. The maximum absolute atomic E-state index is 13.0. The Bertz CT molecular complexity index is 799. The van der Waals surface area contributed by atoms with Gasteiger partial charge in [0.25, 0.3) is 0 Å². The summed E-state index contributed by atoms with van der Waals surface area (Å²) in [5, 5.41) is 13.1. The van der Waals surface area contributed by atoms with E-state index < -0.39 is 5.60 Å². The van der Waals surface area contributed by atoms with E-state index >= 15 is 0 Å². The number of nitrogens with zero attached hydrogens (tertiary/aromatic N) is 1. The lowest BCUT2D eigenvalue weighted by molar-refractivity contribution is -0.0148.